The third kappa shape index (κ3) is 2180. The Morgan fingerprint density at radius 3 is 1.27 bits per heavy atom. The molecule has 0 fully saturated rings. The van der Waals surface area contributed by atoms with Crippen molar-refractivity contribution < 1.29 is 34.3 Å². The van der Waals surface area contributed by atoms with E-state index in [2.05, 4.69) is 0 Å². The van der Waals surface area contributed by atoms with Crippen molar-refractivity contribution in [2.75, 3.05) is 0 Å². The molecule has 0 aliphatic heterocycles. The van der Waals surface area contributed by atoms with Gasteiger partial charge < -0.3 is 35.6 Å². The van der Waals surface area contributed by atoms with Crippen LogP contribution in [0.25, 0.3) is 0 Å². The summed E-state index contributed by atoms with van der Waals surface area (Å²) in [5.41, 5.74) is 0. The second kappa shape index (κ2) is 10.6. The van der Waals surface area contributed by atoms with Crippen LogP contribution in [0.2, 0.25) is 0 Å². The summed E-state index contributed by atoms with van der Waals surface area (Å²) in [4.78, 5) is 32.8. The van der Waals surface area contributed by atoms with Gasteiger partial charge in [-0.25, -0.2) is 4.79 Å². The van der Waals surface area contributed by atoms with Gasteiger partial charge in [0.2, 0.25) is 0 Å². The Bertz CT molecular complexity index is 118. The zero-order valence-corrected chi connectivity index (χ0v) is 8.44. The smallest absolute Gasteiger partial charge is 0.790 e. The monoisotopic (exact) mass is 215 g/mol. The normalized spacial score (nSPS) is 7.55. The molecule has 0 aromatic heterocycles. The van der Waals surface area contributed by atoms with Crippen LogP contribution in [-0.4, -0.2) is 59.0 Å². The Hall–Kier alpha value is 0.600. The molecule has 0 aromatic rings. The van der Waals surface area contributed by atoms with Gasteiger partial charge >= 0.3 is 43.9 Å². The van der Waals surface area contributed by atoms with E-state index in [-0.39, 0.29) is 43.9 Å². The van der Waals surface area contributed by atoms with Crippen molar-refractivity contribution in [3.63, 3.8) is 0 Å². The molecule has 11 heavy (non-hydrogen) atoms. The fourth-order valence-electron chi connectivity index (χ4n) is 0. The quantitative estimate of drug-likeness (QED) is 0.260. The van der Waals surface area contributed by atoms with Gasteiger partial charge in [0.05, 0.1) is 7.82 Å². The molecule has 0 amide bonds. The van der Waals surface area contributed by atoms with E-state index in [0.717, 1.165) is 0 Å². The Morgan fingerprint density at radius 1 is 1.27 bits per heavy atom. The summed E-state index contributed by atoms with van der Waals surface area (Å²) in [6.45, 7) is 0. The molecule has 0 radical (unpaired) electrons. The van der Waals surface area contributed by atoms with Gasteiger partial charge in [-0.15, -0.1) is 0 Å². The topological polar surface area (TPSA) is 176 Å². The van der Waals surface area contributed by atoms with Crippen LogP contribution < -0.4 is 15.9 Å². The fourth-order valence-corrected chi connectivity index (χ4v) is 0. The molecule has 0 atom stereocenters. The molecular formula is CH6CaNO7P. The molecule has 64 valence electrons. The average Bonchev–Trinajstić information content (AvgIpc) is 1.19. The number of hydrogen-bond acceptors (Lipinski definition) is 5. The second-order valence-corrected chi connectivity index (χ2v) is 1.69. The molecule has 6 N–H and O–H groups in total. The molecule has 0 aliphatic carbocycles. The Balaban J connectivity index is -0.0000000383. The largest absolute Gasteiger partial charge is 2.00 e. The molecular weight excluding hydrogens is 209 g/mol. The van der Waals surface area contributed by atoms with Crippen molar-refractivity contribution in [1.29, 1.82) is 0 Å². The maximum Gasteiger partial charge on any atom is 2.00 e. The molecule has 0 rings (SSSR count). The maximum absolute atomic E-state index is 8.66. The summed E-state index contributed by atoms with van der Waals surface area (Å²) in [5.74, 6) is 0. The first-order valence-electron chi connectivity index (χ1n) is 1.40. The number of carbonyl (C=O) groups is 1. The Morgan fingerprint density at radius 2 is 1.27 bits per heavy atom. The summed E-state index contributed by atoms with van der Waals surface area (Å²) in [6, 6.07) is 0. The summed E-state index contributed by atoms with van der Waals surface area (Å²) in [5, 5.41) is 13.9. The van der Waals surface area contributed by atoms with Gasteiger partial charge in [-0.3, -0.25) is 0 Å². The summed E-state index contributed by atoms with van der Waals surface area (Å²) >= 11 is 0. The van der Waals surface area contributed by atoms with Gasteiger partial charge in [0.15, 0.2) is 0 Å². The van der Waals surface area contributed by atoms with Crippen molar-refractivity contribution in [2.45, 2.75) is 0 Å². The van der Waals surface area contributed by atoms with E-state index in [9.17, 15) is 0 Å². The van der Waals surface area contributed by atoms with Gasteiger partial charge in [-0.1, -0.05) is 0 Å². The van der Waals surface area contributed by atoms with Crippen LogP contribution in [0.3, 0.4) is 0 Å². The minimum absolute atomic E-state index is 0. The minimum Gasteiger partial charge on any atom is -0.790 e. The SMILES string of the molecule is N.O=C(O)O.O=P([O-])([O-])O.[Ca+2]. The Labute approximate surface area is 91.7 Å². The molecule has 0 unspecified atom stereocenters. The van der Waals surface area contributed by atoms with E-state index < -0.39 is 14.0 Å². The number of carboxylic acid groups (broad SMARTS) is 2. The predicted octanol–water partition coefficient (Wildman–Crippen LogP) is -2.19. The van der Waals surface area contributed by atoms with Crippen LogP contribution in [0.1, 0.15) is 0 Å². The first kappa shape index (κ1) is 22.6. The molecule has 0 spiro atoms. The predicted molar refractivity (Wildman–Crippen MR) is 31.3 cm³/mol. The van der Waals surface area contributed by atoms with Crippen molar-refractivity contribution in [1.82, 2.24) is 6.15 Å². The van der Waals surface area contributed by atoms with Gasteiger partial charge in [-0.05, 0) is 0 Å². The van der Waals surface area contributed by atoms with Gasteiger partial charge in [0.25, 0.3) is 0 Å². The van der Waals surface area contributed by atoms with Crippen molar-refractivity contribution in [2.24, 2.45) is 0 Å². The zero-order chi connectivity index (χ0) is 8.08. The summed E-state index contributed by atoms with van der Waals surface area (Å²) < 4.78 is 8.66. The minimum atomic E-state index is -5.14. The van der Waals surface area contributed by atoms with Crippen LogP contribution in [0.5, 0.6) is 0 Å². The summed E-state index contributed by atoms with van der Waals surface area (Å²) in [7, 11) is -5.14. The van der Waals surface area contributed by atoms with Crippen LogP contribution in [0.4, 0.5) is 4.79 Å². The summed E-state index contributed by atoms with van der Waals surface area (Å²) in [6.07, 6.45) is -1.83. The molecule has 10 heteroatoms. The molecule has 0 saturated heterocycles. The maximum atomic E-state index is 8.66. The van der Waals surface area contributed by atoms with Crippen LogP contribution in [0.15, 0.2) is 0 Å². The van der Waals surface area contributed by atoms with E-state index >= 15 is 0 Å². The number of phosphoric acid groups is 1. The van der Waals surface area contributed by atoms with Crippen molar-refractivity contribution in [3.05, 3.63) is 0 Å². The average molecular weight is 215 g/mol. The van der Waals surface area contributed by atoms with E-state index in [1.807, 2.05) is 0 Å². The van der Waals surface area contributed by atoms with Crippen molar-refractivity contribution in [3.8, 4) is 0 Å². The van der Waals surface area contributed by atoms with Gasteiger partial charge in [0.1, 0.15) is 0 Å². The molecule has 8 nitrogen and oxygen atoms in total. The Kier molecular flexibility index (Phi) is 21.7. The standard InChI is InChI=1S/CH2O3.Ca.H3N.H3O4P/c2-1(3)4;;;1-5(2,3)4/h(H2,2,3,4);;1H3;(H3,1,2,3,4)/q;+2;;/p-2. The molecule has 0 aromatic carbocycles. The van der Waals surface area contributed by atoms with Crippen LogP contribution in [-0.2, 0) is 4.57 Å². The van der Waals surface area contributed by atoms with E-state index in [4.69, 9.17) is 34.3 Å². The third-order valence-electron chi connectivity index (χ3n) is 0. The molecule has 0 bridgehead atoms. The molecule has 0 heterocycles. The van der Waals surface area contributed by atoms with Crippen LogP contribution >= 0.6 is 7.82 Å². The zero-order valence-electron chi connectivity index (χ0n) is 5.34. The first-order valence-corrected chi connectivity index (χ1v) is 2.89. The van der Waals surface area contributed by atoms with Crippen molar-refractivity contribution >= 4 is 51.7 Å². The fraction of sp³-hybridized carbons (Fsp3) is 0. The third-order valence-corrected chi connectivity index (χ3v) is 0. The second-order valence-electron chi connectivity index (χ2n) is 0.751. The van der Waals surface area contributed by atoms with Gasteiger partial charge in [-0.2, -0.15) is 0 Å². The number of rotatable bonds is 0. The molecule has 0 aliphatic rings. The van der Waals surface area contributed by atoms with E-state index in [0.29, 0.717) is 0 Å². The van der Waals surface area contributed by atoms with Crippen LogP contribution in [0, 0.1) is 0 Å². The van der Waals surface area contributed by atoms with Gasteiger partial charge in [0, 0.05) is 0 Å². The van der Waals surface area contributed by atoms with E-state index in [1.165, 1.54) is 0 Å². The first-order chi connectivity index (χ1) is 3.73. The molecule has 0 saturated carbocycles. The van der Waals surface area contributed by atoms with E-state index in [1.54, 1.807) is 0 Å². The number of hydrogen-bond donors (Lipinski definition) is 4.